The highest BCUT2D eigenvalue weighted by Gasteiger charge is 2.41. The summed E-state index contributed by atoms with van der Waals surface area (Å²) in [5.41, 5.74) is -0.716. The summed E-state index contributed by atoms with van der Waals surface area (Å²) in [6.07, 6.45) is 2.34. The van der Waals surface area contributed by atoms with Crippen LogP contribution in [-0.2, 0) is 14.3 Å². The van der Waals surface area contributed by atoms with E-state index in [9.17, 15) is 19.5 Å². The molecule has 1 aliphatic heterocycles. The number of piperidine rings is 1. The van der Waals surface area contributed by atoms with Crippen LogP contribution < -0.4 is 0 Å². The lowest BCUT2D eigenvalue weighted by atomic mass is 9.75. The Morgan fingerprint density at radius 2 is 1.86 bits per heavy atom. The number of amides is 2. The van der Waals surface area contributed by atoms with Crippen molar-refractivity contribution < 1.29 is 24.2 Å². The lowest BCUT2D eigenvalue weighted by Gasteiger charge is -2.39. The van der Waals surface area contributed by atoms with Gasteiger partial charge in [0.2, 0.25) is 0 Å². The maximum Gasteiger partial charge on any atom is 0.325 e. The number of carboxylic acids is 1. The van der Waals surface area contributed by atoms with Crippen LogP contribution >= 0.6 is 0 Å². The van der Waals surface area contributed by atoms with E-state index in [0.717, 1.165) is 6.42 Å². The van der Waals surface area contributed by atoms with E-state index in [1.165, 1.54) is 19.1 Å². The van der Waals surface area contributed by atoms with Crippen LogP contribution in [0.1, 0.15) is 32.6 Å². The third kappa shape index (κ3) is 4.09. The number of nitrogens with zero attached hydrogens (tertiary/aromatic N) is 2. The van der Waals surface area contributed by atoms with Gasteiger partial charge in [-0.3, -0.25) is 9.59 Å². The second kappa shape index (κ2) is 7.28. The molecule has 1 N–H and O–H groups in total. The van der Waals surface area contributed by atoms with E-state index < -0.39 is 17.4 Å². The van der Waals surface area contributed by atoms with E-state index in [1.54, 1.807) is 4.90 Å². The van der Waals surface area contributed by atoms with Crippen molar-refractivity contribution in [1.29, 1.82) is 0 Å². The molecule has 0 aromatic rings. The number of carboxylic acid groups (broad SMARTS) is 1. The average molecular weight is 300 g/mol. The first-order valence-corrected chi connectivity index (χ1v) is 7.16. The molecule has 1 fully saturated rings. The molecule has 0 aromatic heterocycles. The predicted molar refractivity (Wildman–Crippen MR) is 75.8 cm³/mol. The first-order valence-electron chi connectivity index (χ1n) is 7.16. The van der Waals surface area contributed by atoms with E-state index in [-0.39, 0.29) is 12.6 Å². The van der Waals surface area contributed by atoms with Crippen molar-refractivity contribution in [1.82, 2.24) is 9.80 Å². The van der Waals surface area contributed by atoms with Crippen molar-refractivity contribution in [2.24, 2.45) is 5.41 Å². The van der Waals surface area contributed by atoms with Crippen molar-refractivity contribution in [2.75, 3.05) is 33.8 Å². The van der Waals surface area contributed by atoms with E-state index in [0.29, 0.717) is 32.4 Å². The fourth-order valence-electron chi connectivity index (χ4n) is 2.74. The number of carbonyl (C=O) groups is 3. The molecule has 0 radical (unpaired) electrons. The van der Waals surface area contributed by atoms with Gasteiger partial charge in [-0.05, 0) is 19.3 Å². The molecule has 7 nitrogen and oxygen atoms in total. The number of aliphatic carboxylic acids is 1. The van der Waals surface area contributed by atoms with Gasteiger partial charge in [-0.15, -0.1) is 0 Å². The highest BCUT2D eigenvalue weighted by Crippen LogP contribution is 2.36. The minimum atomic E-state index is -0.778. The predicted octanol–water partition coefficient (Wildman–Crippen LogP) is 1.18. The number of esters is 1. The minimum absolute atomic E-state index is 0.106. The van der Waals surface area contributed by atoms with Gasteiger partial charge < -0.3 is 19.6 Å². The molecule has 120 valence electrons. The lowest BCUT2D eigenvalue weighted by molar-refractivity contribution is -0.152. The number of carbonyl (C=O) groups excluding carboxylic acids is 2. The first-order chi connectivity index (χ1) is 9.86. The van der Waals surface area contributed by atoms with E-state index >= 15 is 0 Å². The summed E-state index contributed by atoms with van der Waals surface area (Å²) in [4.78, 5) is 37.7. The second-order valence-corrected chi connectivity index (χ2v) is 5.54. The number of hydrogen-bond donors (Lipinski definition) is 1. The molecular weight excluding hydrogens is 276 g/mol. The van der Waals surface area contributed by atoms with E-state index in [1.807, 2.05) is 6.92 Å². The van der Waals surface area contributed by atoms with Crippen LogP contribution in [-0.4, -0.2) is 66.7 Å². The highest BCUT2D eigenvalue weighted by molar-refractivity contribution is 5.81. The molecule has 0 aliphatic carbocycles. The maximum absolute atomic E-state index is 12.2. The molecular formula is C14H24N2O5. The van der Waals surface area contributed by atoms with Crippen LogP contribution in [0.2, 0.25) is 0 Å². The van der Waals surface area contributed by atoms with Gasteiger partial charge >= 0.3 is 18.0 Å². The molecule has 0 saturated carbocycles. The van der Waals surface area contributed by atoms with Crippen LogP contribution in [0.15, 0.2) is 0 Å². The molecule has 1 aliphatic rings. The van der Waals surface area contributed by atoms with Gasteiger partial charge in [-0.1, -0.05) is 13.3 Å². The number of ether oxygens (including phenoxy) is 1. The van der Waals surface area contributed by atoms with Gasteiger partial charge in [0.1, 0.15) is 6.54 Å². The monoisotopic (exact) mass is 300 g/mol. The maximum atomic E-state index is 12.2. The van der Waals surface area contributed by atoms with E-state index in [2.05, 4.69) is 4.74 Å². The smallest absolute Gasteiger partial charge is 0.325 e. The Balaban J connectivity index is 2.61. The van der Waals surface area contributed by atoms with Gasteiger partial charge in [-0.2, -0.15) is 0 Å². The summed E-state index contributed by atoms with van der Waals surface area (Å²) in [5.74, 6) is -1.26. The topological polar surface area (TPSA) is 87.2 Å². The third-order valence-corrected chi connectivity index (χ3v) is 4.09. The Kier molecular flexibility index (Phi) is 5.99. The molecule has 0 spiro atoms. The van der Waals surface area contributed by atoms with Gasteiger partial charge in [0.15, 0.2) is 0 Å². The summed E-state index contributed by atoms with van der Waals surface area (Å²) in [7, 11) is 2.80. The van der Waals surface area contributed by atoms with Crippen LogP contribution in [0.25, 0.3) is 0 Å². The molecule has 0 bridgehead atoms. The number of rotatable bonds is 5. The molecule has 2 amide bonds. The summed E-state index contributed by atoms with van der Waals surface area (Å²) in [6, 6.07) is -0.268. The first kappa shape index (κ1) is 17.3. The molecule has 0 aromatic carbocycles. The summed E-state index contributed by atoms with van der Waals surface area (Å²) in [5, 5.41) is 9.43. The molecule has 1 saturated heterocycles. The Morgan fingerprint density at radius 3 is 2.29 bits per heavy atom. The van der Waals surface area contributed by atoms with Gasteiger partial charge in [0, 0.05) is 20.1 Å². The summed E-state index contributed by atoms with van der Waals surface area (Å²) in [6.45, 7) is 2.66. The Bertz CT molecular complexity index is 402. The normalized spacial score (nSPS) is 17.2. The number of likely N-dealkylation sites (N-methyl/N-ethyl adjacent to an activating group) is 1. The average Bonchev–Trinajstić information content (AvgIpc) is 2.47. The molecule has 0 unspecified atom stereocenters. The van der Waals surface area contributed by atoms with Crippen molar-refractivity contribution in [3.8, 4) is 0 Å². The van der Waals surface area contributed by atoms with Crippen LogP contribution in [0.3, 0.4) is 0 Å². The third-order valence-electron chi connectivity index (χ3n) is 4.09. The zero-order chi connectivity index (χ0) is 16.0. The standard InChI is InChI=1S/C14H24N2O5/c1-4-5-14(12(18)19)6-8-16(9-7-14)13(20)15(2)10-11(17)21-3/h4-10H2,1-3H3,(H,18,19). The fraction of sp³-hybridized carbons (Fsp3) is 0.786. The molecule has 0 atom stereocenters. The Hall–Kier alpha value is -1.79. The van der Waals surface area contributed by atoms with Crippen molar-refractivity contribution in [3.63, 3.8) is 0 Å². The zero-order valence-electron chi connectivity index (χ0n) is 12.9. The summed E-state index contributed by atoms with van der Waals surface area (Å²) < 4.78 is 4.53. The molecule has 1 heterocycles. The fourth-order valence-corrected chi connectivity index (χ4v) is 2.74. The Morgan fingerprint density at radius 1 is 1.29 bits per heavy atom. The molecule has 21 heavy (non-hydrogen) atoms. The molecule has 1 rings (SSSR count). The largest absolute Gasteiger partial charge is 0.481 e. The number of urea groups is 1. The van der Waals surface area contributed by atoms with Crippen molar-refractivity contribution in [2.45, 2.75) is 32.6 Å². The SMILES string of the molecule is CCCC1(C(=O)O)CCN(C(=O)N(C)CC(=O)OC)CC1. The quantitative estimate of drug-likeness (QED) is 0.770. The van der Waals surface area contributed by atoms with Crippen LogP contribution in [0, 0.1) is 5.41 Å². The highest BCUT2D eigenvalue weighted by atomic mass is 16.5. The van der Waals surface area contributed by atoms with Crippen molar-refractivity contribution in [3.05, 3.63) is 0 Å². The van der Waals surface area contributed by atoms with Gasteiger partial charge in [0.25, 0.3) is 0 Å². The number of methoxy groups -OCH3 is 1. The lowest BCUT2D eigenvalue weighted by Crippen LogP contribution is -2.50. The Labute approximate surface area is 124 Å². The van der Waals surface area contributed by atoms with Crippen molar-refractivity contribution >= 4 is 18.0 Å². The second-order valence-electron chi connectivity index (χ2n) is 5.54. The van der Waals surface area contributed by atoms with Crippen LogP contribution in [0.4, 0.5) is 4.79 Å². The van der Waals surface area contributed by atoms with Gasteiger partial charge in [0.05, 0.1) is 12.5 Å². The summed E-state index contributed by atoms with van der Waals surface area (Å²) >= 11 is 0. The number of hydrogen-bond acceptors (Lipinski definition) is 4. The minimum Gasteiger partial charge on any atom is -0.481 e. The van der Waals surface area contributed by atoms with Gasteiger partial charge in [-0.25, -0.2) is 4.79 Å². The number of likely N-dealkylation sites (tertiary alicyclic amines) is 1. The zero-order valence-corrected chi connectivity index (χ0v) is 12.9. The van der Waals surface area contributed by atoms with E-state index in [4.69, 9.17) is 0 Å². The van der Waals surface area contributed by atoms with Crippen LogP contribution in [0.5, 0.6) is 0 Å². The molecule has 7 heteroatoms.